The highest BCUT2D eigenvalue weighted by Crippen LogP contribution is 2.43. The largest absolute Gasteiger partial charge is 0.508 e. The number of aromatic hydroxyl groups is 1. The van der Waals surface area contributed by atoms with Crippen LogP contribution in [0.1, 0.15) is 23.5 Å². The lowest BCUT2D eigenvalue weighted by molar-refractivity contribution is 0.439. The van der Waals surface area contributed by atoms with Gasteiger partial charge in [0.1, 0.15) is 23.3 Å². The molecule has 2 atom stereocenters. The van der Waals surface area contributed by atoms with Gasteiger partial charge in [-0.05, 0) is 78.9 Å². The first-order valence-electron chi connectivity index (χ1n) is 9.86. The molecule has 3 heterocycles. The molecule has 0 saturated carbocycles. The number of thiocarbonyl (C=S) groups is 1. The van der Waals surface area contributed by atoms with Crippen molar-refractivity contribution in [3.05, 3.63) is 100 Å². The van der Waals surface area contributed by atoms with Gasteiger partial charge in [-0.25, -0.2) is 0 Å². The number of phenols is 1. The lowest BCUT2D eigenvalue weighted by Gasteiger charge is -2.26. The van der Waals surface area contributed by atoms with Gasteiger partial charge in [-0.1, -0.05) is 29.3 Å². The highest BCUT2D eigenvalue weighted by molar-refractivity contribution is 7.80. The van der Waals surface area contributed by atoms with Crippen LogP contribution >= 0.6 is 35.4 Å². The van der Waals surface area contributed by atoms with Crippen molar-refractivity contribution in [2.24, 2.45) is 0 Å². The van der Waals surface area contributed by atoms with Gasteiger partial charge in [0.05, 0.1) is 16.8 Å². The maximum absolute atomic E-state index is 9.74. The van der Waals surface area contributed by atoms with E-state index in [1.54, 1.807) is 30.5 Å². The van der Waals surface area contributed by atoms with Crippen LogP contribution in [-0.2, 0) is 0 Å². The first-order valence-corrected chi connectivity index (χ1v) is 11.0. The number of rotatable bonds is 4. The highest BCUT2D eigenvalue weighted by Gasteiger charge is 2.42. The average molecular weight is 482 g/mol. The molecule has 2 N–H and O–H groups in total. The van der Waals surface area contributed by atoms with Crippen LogP contribution in [0.5, 0.6) is 5.75 Å². The number of phenolic OH excluding ortho intramolecular Hbond substituents is 1. The van der Waals surface area contributed by atoms with Gasteiger partial charge in [-0.15, -0.1) is 0 Å². The standard InChI is InChI=1S/C24H17Cl2N3O2S/c25-14-4-9-17(18(26)13-14)20-10-11-21(31-20)23-22(19-3-1-2-12-27-19)28-24(32)29(23)15-5-7-16(30)8-6-15/h1-13,22-23,30H,(H,28,32)/t22-,23-/m0/s1. The van der Waals surface area contributed by atoms with Crippen LogP contribution in [0.3, 0.4) is 0 Å². The number of nitrogens with zero attached hydrogens (tertiary/aromatic N) is 2. The summed E-state index contributed by atoms with van der Waals surface area (Å²) in [6.07, 6.45) is 1.75. The minimum atomic E-state index is -0.304. The molecule has 1 aliphatic heterocycles. The Hall–Kier alpha value is -3.06. The van der Waals surface area contributed by atoms with E-state index < -0.39 is 0 Å². The lowest BCUT2D eigenvalue weighted by Crippen LogP contribution is -2.29. The lowest BCUT2D eigenvalue weighted by atomic mass is 10.0. The van der Waals surface area contributed by atoms with Gasteiger partial charge in [0.15, 0.2) is 5.11 Å². The van der Waals surface area contributed by atoms with Crippen LogP contribution in [0.4, 0.5) is 5.69 Å². The third-order valence-electron chi connectivity index (χ3n) is 5.34. The molecule has 5 rings (SSSR count). The number of pyridine rings is 1. The average Bonchev–Trinajstić information content (AvgIpc) is 3.39. The molecule has 0 radical (unpaired) electrons. The minimum Gasteiger partial charge on any atom is -0.508 e. The quantitative estimate of drug-likeness (QED) is 0.323. The summed E-state index contributed by atoms with van der Waals surface area (Å²) in [5.74, 6) is 1.51. The van der Waals surface area contributed by atoms with E-state index in [-0.39, 0.29) is 17.8 Å². The fourth-order valence-corrected chi connectivity index (χ4v) is 4.73. The number of benzene rings is 2. The van der Waals surface area contributed by atoms with Crippen LogP contribution in [0, 0.1) is 0 Å². The summed E-state index contributed by atoms with van der Waals surface area (Å²) in [6, 6.07) is 21.2. The topological polar surface area (TPSA) is 61.5 Å². The summed E-state index contributed by atoms with van der Waals surface area (Å²) in [5.41, 5.74) is 2.41. The first kappa shape index (κ1) is 20.8. The predicted molar refractivity (Wildman–Crippen MR) is 130 cm³/mol. The molecular formula is C24H17Cl2N3O2S. The van der Waals surface area contributed by atoms with E-state index in [0.29, 0.717) is 26.7 Å². The molecule has 2 aromatic carbocycles. The van der Waals surface area contributed by atoms with Gasteiger partial charge in [-0.3, -0.25) is 4.98 Å². The second-order valence-corrected chi connectivity index (χ2v) is 8.57. The Bertz CT molecular complexity index is 1280. The third-order valence-corrected chi connectivity index (χ3v) is 6.20. The zero-order chi connectivity index (χ0) is 22.2. The van der Waals surface area contributed by atoms with Gasteiger partial charge < -0.3 is 19.7 Å². The number of nitrogens with one attached hydrogen (secondary N) is 1. The van der Waals surface area contributed by atoms with Crippen LogP contribution in [0.15, 0.2) is 83.4 Å². The van der Waals surface area contributed by atoms with Crippen molar-refractivity contribution in [3.63, 3.8) is 0 Å². The molecule has 5 nitrogen and oxygen atoms in total. The highest BCUT2D eigenvalue weighted by atomic mass is 35.5. The van der Waals surface area contributed by atoms with E-state index in [1.807, 2.05) is 53.4 Å². The summed E-state index contributed by atoms with van der Waals surface area (Å²) in [7, 11) is 0. The van der Waals surface area contributed by atoms with E-state index in [2.05, 4.69) is 10.3 Å². The van der Waals surface area contributed by atoms with Crippen LogP contribution in [0.2, 0.25) is 10.0 Å². The zero-order valence-electron chi connectivity index (χ0n) is 16.6. The van der Waals surface area contributed by atoms with E-state index in [9.17, 15) is 5.11 Å². The number of furan rings is 1. The van der Waals surface area contributed by atoms with Crippen molar-refractivity contribution in [2.45, 2.75) is 12.1 Å². The Labute approximate surface area is 200 Å². The van der Waals surface area contributed by atoms with Crippen LogP contribution in [-0.4, -0.2) is 15.2 Å². The normalized spacial score (nSPS) is 18.1. The first-order chi connectivity index (χ1) is 15.5. The molecule has 32 heavy (non-hydrogen) atoms. The van der Waals surface area contributed by atoms with E-state index >= 15 is 0 Å². The van der Waals surface area contributed by atoms with Gasteiger partial charge in [-0.2, -0.15) is 0 Å². The Morgan fingerprint density at radius 2 is 1.81 bits per heavy atom. The smallest absolute Gasteiger partial charge is 0.174 e. The number of halogens is 2. The summed E-state index contributed by atoms with van der Waals surface area (Å²) in [6.45, 7) is 0. The van der Waals surface area contributed by atoms with Crippen LogP contribution in [0.25, 0.3) is 11.3 Å². The molecule has 1 aliphatic rings. The molecule has 0 spiro atoms. The Balaban J connectivity index is 1.60. The molecule has 0 bridgehead atoms. The maximum atomic E-state index is 9.74. The number of hydrogen-bond donors (Lipinski definition) is 2. The van der Waals surface area contributed by atoms with Gasteiger partial charge in [0.2, 0.25) is 0 Å². The van der Waals surface area contributed by atoms with Crippen molar-refractivity contribution >= 4 is 46.2 Å². The molecule has 0 aliphatic carbocycles. The SMILES string of the molecule is Oc1ccc(N2C(=S)N[C@@H](c3ccccn3)[C@@H]2c2ccc(-c3ccc(Cl)cc3Cl)o2)cc1. The third kappa shape index (κ3) is 3.81. The molecule has 1 fully saturated rings. The van der Waals surface area contributed by atoms with Gasteiger partial charge >= 0.3 is 0 Å². The number of hydrogen-bond acceptors (Lipinski definition) is 4. The second-order valence-electron chi connectivity index (χ2n) is 7.34. The predicted octanol–water partition coefficient (Wildman–Crippen LogP) is 6.53. The Kier molecular flexibility index (Phi) is 5.51. The van der Waals surface area contributed by atoms with E-state index in [4.69, 9.17) is 39.8 Å². The maximum Gasteiger partial charge on any atom is 0.174 e. The Morgan fingerprint density at radius 3 is 2.53 bits per heavy atom. The van der Waals surface area contributed by atoms with Crippen molar-refractivity contribution in [3.8, 4) is 17.1 Å². The van der Waals surface area contributed by atoms with Gasteiger partial charge in [0, 0.05) is 22.5 Å². The summed E-state index contributed by atoms with van der Waals surface area (Å²) in [5, 5.41) is 14.7. The summed E-state index contributed by atoms with van der Waals surface area (Å²) >= 11 is 18.1. The summed E-state index contributed by atoms with van der Waals surface area (Å²) in [4.78, 5) is 6.51. The van der Waals surface area contributed by atoms with Crippen LogP contribution < -0.4 is 10.2 Å². The number of anilines is 1. The molecular weight excluding hydrogens is 465 g/mol. The molecule has 1 saturated heterocycles. The van der Waals surface area contributed by atoms with E-state index in [1.165, 1.54) is 0 Å². The molecule has 8 heteroatoms. The molecule has 0 amide bonds. The number of aromatic nitrogens is 1. The summed E-state index contributed by atoms with van der Waals surface area (Å²) < 4.78 is 6.30. The van der Waals surface area contributed by atoms with Crippen molar-refractivity contribution in [2.75, 3.05) is 4.90 Å². The zero-order valence-corrected chi connectivity index (χ0v) is 18.9. The van der Waals surface area contributed by atoms with Crippen molar-refractivity contribution in [1.29, 1.82) is 0 Å². The fourth-order valence-electron chi connectivity index (χ4n) is 3.88. The molecule has 4 aromatic rings. The second kappa shape index (κ2) is 8.47. The molecule has 2 aromatic heterocycles. The Morgan fingerprint density at radius 1 is 1.00 bits per heavy atom. The van der Waals surface area contributed by atoms with Crippen molar-refractivity contribution < 1.29 is 9.52 Å². The molecule has 160 valence electrons. The fraction of sp³-hybridized carbons (Fsp3) is 0.0833. The van der Waals surface area contributed by atoms with Gasteiger partial charge in [0.25, 0.3) is 0 Å². The molecule has 0 unspecified atom stereocenters. The van der Waals surface area contributed by atoms with E-state index in [0.717, 1.165) is 16.9 Å². The monoisotopic (exact) mass is 481 g/mol. The van der Waals surface area contributed by atoms with Crippen molar-refractivity contribution in [1.82, 2.24) is 10.3 Å². The minimum absolute atomic E-state index is 0.183.